The highest BCUT2D eigenvalue weighted by atomic mass is 16.4. The van der Waals surface area contributed by atoms with Gasteiger partial charge in [-0.05, 0) is 36.8 Å². The molecule has 0 amide bonds. The highest BCUT2D eigenvalue weighted by Crippen LogP contribution is 2.10. The number of carbonyl (C=O) groups is 1. The number of carboxylic acids is 1. The molecule has 1 aromatic rings. The van der Waals surface area contributed by atoms with Crippen LogP contribution in [0.15, 0.2) is 30.3 Å². The summed E-state index contributed by atoms with van der Waals surface area (Å²) in [5.74, 6) is -0.718. The number of hydrogen-bond donors (Lipinski definition) is 1. The van der Waals surface area contributed by atoms with Crippen LogP contribution in [0.4, 0.5) is 0 Å². The summed E-state index contributed by atoms with van der Waals surface area (Å²) in [6.45, 7) is 2.22. The molecule has 0 unspecified atom stereocenters. The van der Waals surface area contributed by atoms with E-state index in [1.807, 2.05) is 0 Å². The van der Waals surface area contributed by atoms with Crippen molar-refractivity contribution in [2.75, 3.05) is 0 Å². The van der Waals surface area contributed by atoms with E-state index in [0.29, 0.717) is 6.42 Å². The van der Waals surface area contributed by atoms with Crippen molar-refractivity contribution in [2.45, 2.75) is 51.9 Å². The standard InChI is InChI=1S/C17H24O2/c1-2-3-5-8-15-11-13-16(14-12-15)9-6-4-7-10-17(18)19/h6,9,11-14H,2-5,7-8,10H2,1H3,(H,18,19)/b9-6+. The second-order valence-electron chi connectivity index (χ2n) is 4.89. The number of allylic oxidation sites excluding steroid dienone is 1. The lowest BCUT2D eigenvalue weighted by Crippen LogP contribution is -1.92. The average Bonchev–Trinajstić information content (AvgIpc) is 2.40. The zero-order valence-electron chi connectivity index (χ0n) is 11.8. The first-order valence-electron chi connectivity index (χ1n) is 7.19. The first-order valence-corrected chi connectivity index (χ1v) is 7.19. The first kappa shape index (κ1) is 15.5. The minimum Gasteiger partial charge on any atom is -0.481 e. The van der Waals surface area contributed by atoms with Crippen LogP contribution in [0.5, 0.6) is 0 Å². The van der Waals surface area contributed by atoms with Crippen molar-refractivity contribution in [3.8, 4) is 0 Å². The molecule has 0 aliphatic carbocycles. The molecular weight excluding hydrogens is 236 g/mol. The van der Waals surface area contributed by atoms with E-state index in [9.17, 15) is 4.79 Å². The molecule has 2 heteroatoms. The molecule has 0 saturated heterocycles. The highest BCUT2D eigenvalue weighted by molar-refractivity contribution is 5.66. The SMILES string of the molecule is CCCCCc1ccc(/C=C/CCCC(=O)O)cc1. The molecule has 0 saturated carbocycles. The molecule has 1 aromatic carbocycles. The Hall–Kier alpha value is -1.57. The predicted octanol–water partition coefficient (Wildman–Crippen LogP) is 4.69. The van der Waals surface area contributed by atoms with Gasteiger partial charge in [-0.2, -0.15) is 0 Å². The molecule has 0 aromatic heterocycles. The summed E-state index contributed by atoms with van der Waals surface area (Å²) in [5.41, 5.74) is 2.59. The van der Waals surface area contributed by atoms with Crippen LogP contribution < -0.4 is 0 Å². The monoisotopic (exact) mass is 260 g/mol. The van der Waals surface area contributed by atoms with Gasteiger partial charge in [0, 0.05) is 6.42 Å². The molecule has 19 heavy (non-hydrogen) atoms. The Morgan fingerprint density at radius 1 is 1.16 bits per heavy atom. The molecule has 0 atom stereocenters. The maximum Gasteiger partial charge on any atom is 0.303 e. The van der Waals surface area contributed by atoms with Gasteiger partial charge in [-0.3, -0.25) is 4.79 Å². The zero-order chi connectivity index (χ0) is 13.9. The van der Waals surface area contributed by atoms with Gasteiger partial charge in [0.25, 0.3) is 0 Å². The number of carboxylic acid groups (broad SMARTS) is 1. The summed E-state index contributed by atoms with van der Waals surface area (Å²) in [4.78, 5) is 10.4. The summed E-state index contributed by atoms with van der Waals surface area (Å²) in [5, 5.41) is 8.52. The maximum atomic E-state index is 10.4. The molecule has 0 spiro atoms. The van der Waals surface area contributed by atoms with Gasteiger partial charge in [0.1, 0.15) is 0 Å². The quantitative estimate of drug-likeness (QED) is 0.654. The van der Waals surface area contributed by atoms with Crippen molar-refractivity contribution in [3.05, 3.63) is 41.5 Å². The molecule has 1 N–H and O–H groups in total. The van der Waals surface area contributed by atoms with Crippen molar-refractivity contribution in [1.82, 2.24) is 0 Å². The first-order chi connectivity index (χ1) is 9.22. The third-order valence-corrected chi connectivity index (χ3v) is 3.12. The second kappa shape index (κ2) is 9.37. The Morgan fingerprint density at radius 2 is 1.89 bits per heavy atom. The molecule has 1 rings (SSSR count). The van der Waals surface area contributed by atoms with Crippen molar-refractivity contribution < 1.29 is 9.90 Å². The van der Waals surface area contributed by atoms with Gasteiger partial charge in [-0.25, -0.2) is 0 Å². The number of unbranched alkanes of at least 4 members (excludes halogenated alkanes) is 3. The van der Waals surface area contributed by atoms with Crippen LogP contribution in [0.3, 0.4) is 0 Å². The molecule has 104 valence electrons. The van der Waals surface area contributed by atoms with Crippen LogP contribution in [-0.4, -0.2) is 11.1 Å². The molecule has 0 radical (unpaired) electrons. The van der Waals surface area contributed by atoms with Crippen molar-refractivity contribution in [1.29, 1.82) is 0 Å². The lowest BCUT2D eigenvalue weighted by atomic mass is 10.0. The van der Waals surface area contributed by atoms with Crippen molar-refractivity contribution >= 4 is 12.0 Å². The smallest absolute Gasteiger partial charge is 0.303 e. The third kappa shape index (κ3) is 7.45. The number of benzene rings is 1. The van der Waals surface area contributed by atoms with Gasteiger partial charge >= 0.3 is 5.97 Å². The maximum absolute atomic E-state index is 10.4. The fourth-order valence-corrected chi connectivity index (χ4v) is 1.97. The van der Waals surface area contributed by atoms with Crippen molar-refractivity contribution in [2.24, 2.45) is 0 Å². The van der Waals surface area contributed by atoms with E-state index in [2.05, 4.69) is 43.3 Å². The van der Waals surface area contributed by atoms with E-state index in [4.69, 9.17) is 5.11 Å². The Labute approximate surface area is 116 Å². The predicted molar refractivity (Wildman–Crippen MR) is 80.2 cm³/mol. The van der Waals surface area contributed by atoms with E-state index >= 15 is 0 Å². The summed E-state index contributed by atoms with van der Waals surface area (Å²) in [7, 11) is 0. The lowest BCUT2D eigenvalue weighted by Gasteiger charge is -2.01. The van der Waals surface area contributed by atoms with Crippen LogP contribution >= 0.6 is 0 Å². The van der Waals surface area contributed by atoms with Gasteiger partial charge in [-0.1, -0.05) is 56.2 Å². The van der Waals surface area contributed by atoms with Gasteiger partial charge in [0.2, 0.25) is 0 Å². The molecule has 0 aliphatic rings. The van der Waals surface area contributed by atoms with Gasteiger partial charge in [0.15, 0.2) is 0 Å². The largest absolute Gasteiger partial charge is 0.481 e. The Kier molecular flexibility index (Phi) is 7.64. The molecule has 0 bridgehead atoms. The molecule has 0 aliphatic heterocycles. The van der Waals surface area contributed by atoms with E-state index in [1.54, 1.807) is 0 Å². The number of aryl methyl sites for hydroxylation is 1. The fraction of sp³-hybridized carbons (Fsp3) is 0.471. The zero-order valence-corrected chi connectivity index (χ0v) is 11.8. The number of rotatable bonds is 9. The minimum atomic E-state index is -0.718. The van der Waals surface area contributed by atoms with E-state index < -0.39 is 5.97 Å². The van der Waals surface area contributed by atoms with Crippen LogP contribution in [0.25, 0.3) is 6.08 Å². The van der Waals surface area contributed by atoms with Gasteiger partial charge in [0.05, 0.1) is 0 Å². The molecular formula is C17H24O2. The van der Waals surface area contributed by atoms with Crippen molar-refractivity contribution in [3.63, 3.8) is 0 Å². The summed E-state index contributed by atoms with van der Waals surface area (Å²) in [6, 6.07) is 8.64. The fourth-order valence-electron chi connectivity index (χ4n) is 1.97. The van der Waals surface area contributed by atoms with E-state index in [-0.39, 0.29) is 6.42 Å². The Morgan fingerprint density at radius 3 is 2.53 bits per heavy atom. The topological polar surface area (TPSA) is 37.3 Å². The summed E-state index contributed by atoms with van der Waals surface area (Å²) < 4.78 is 0. The van der Waals surface area contributed by atoms with Crippen LogP contribution in [0.1, 0.15) is 56.6 Å². The second-order valence-corrected chi connectivity index (χ2v) is 4.89. The van der Waals surface area contributed by atoms with Crippen LogP contribution in [-0.2, 0) is 11.2 Å². The Bertz CT molecular complexity index is 390. The van der Waals surface area contributed by atoms with E-state index in [1.165, 1.54) is 30.4 Å². The molecule has 0 heterocycles. The molecule has 0 fully saturated rings. The summed E-state index contributed by atoms with van der Waals surface area (Å²) >= 11 is 0. The number of hydrogen-bond acceptors (Lipinski definition) is 1. The summed E-state index contributed by atoms with van der Waals surface area (Å²) in [6.07, 6.45) is 10.9. The van der Waals surface area contributed by atoms with Gasteiger partial charge in [-0.15, -0.1) is 0 Å². The molecule has 2 nitrogen and oxygen atoms in total. The minimum absolute atomic E-state index is 0.251. The third-order valence-electron chi connectivity index (χ3n) is 3.12. The highest BCUT2D eigenvalue weighted by Gasteiger charge is 1.95. The van der Waals surface area contributed by atoms with Crippen LogP contribution in [0.2, 0.25) is 0 Å². The van der Waals surface area contributed by atoms with Gasteiger partial charge < -0.3 is 5.11 Å². The Balaban J connectivity index is 2.31. The lowest BCUT2D eigenvalue weighted by molar-refractivity contribution is -0.137. The normalized spacial score (nSPS) is 11.0. The number of aliphatic carboxylic acids is 1. The van der Waals surface area contributed by atoms with Crippen LogP contribution in [0, 0.1) is 0 Å². The van der Waals surface area contributed by atoms with E-state index in [0.717, 1.165) is 12.8 Å². The average molecular weight is 260 g/mol.